The van der Waals surface area contributed by atoms with Crippen LogP contribution in [0.3, 0.4) is 0 Å². The molecule has 180 valence electrons. The first kappa shape index (κ1) is 22.4. The summed E-state index contributed by atoms with van der Waals surface area (Å²) in [5.74, 6) is 0.534. The number of fused-ring (bicyclic) bond motifs is 2. The molecule has 2 aliphatic heterocycles. The Labute approximate surface area is 199 Å². The summed E-state index contributed by atoms with van der Waals surface area (Å²) in [6, 6.07) is 7.14. The SMILES string of the molecule is COc1ccc(C(CC(=O)O)N2CCN(CCCc3ccc4c(n3)NCCC43CC3)C2=O)cn1. The van der Waals surface area contributed by atoms with E-state index in [1.807, 2.05) is 4.90 Å². The number of hydrogen-bond donors (Lipinski definition) is 2. The third-order valence-electron chi connectivity index (χ3n) is 7.36. The number of carbonyl (C=O) groups is 2. The summed E-state index contributed by atoms with van der Waals surface area (Å²) in [5, 5.41) is 12.9. The van der Waals surface area contributed by atoms with Gasteiger partial charge in [-0.3, -0.25) is 4.79 Å². The second-order valence-corrected chi connectivity index (χ2v) is 9.47. The molecular formula is C25H31N5O4. The van der Waals surface area contributed by atoms with Gasteiger partial charge in [-0.2, -0.15) is 0 Å². The van der Waals surface area contributed by atoms with Crippen LogP contribution in [0.1, 0.15) is 55.0 Å². The second-order valence-electron chi connectivity index (χ2n) is 9.47. The fraction of sp³-hybridized carbons (Fsp3) is 0.520. The lowest BCUT2D eigenvalue weighted by molar-refractivity contribution is -0.138. The van der Waals surface area contributed by atoms with Crippen molar-refractivity contribution in [3.8, 4) is 5.88 Å². The fourth-order valence-corrected chi connectivity index (χ4v) is 5.26. The van der Waals surface area contributed by atoms with Crippen molar-refractivity contribution in [2.75, 3.05) is 38.6 Å². The molecular weight excluding hydrogens is 434 g/mol. The van der Waals surface area contributed by atoms with Gasteiger partial charge in [-0.1, -0.05) is 12.1 Å². The van der Waals surface area contributed by atoms with Crippen molar-refractivity contribution in [1.29, 1.82) is 0 Å². The van der Waals surface area contributed by atoms with Crippen LogP contribution in [0.25, 0.3) is 0 Å². The number of carboxylic acid groups (broad SMARTS) is 1. The lowest BCUT2D eigenvalue weighted by atomic mass is 9.90. The first-order valence-electron chi connectivity index (χ1n) is 12.0. The van der Waals surface area contributed by atoms with Crippen LogP contribution in [0.2, 0.25) is 0 Å². The van der Waals surface area contributed by atoms with Crippen LogP contribution >= 0.6 is 0 Å². The van der Waals surface area contributed by atoms with Crippen molar-refractivity contribution >= 4 is 17.8 Å². The third-order valence-corrected chi connectivity index (χ3v) is 7.36. The first-order valence-corrected chi connectivity index (χ1v) is 12.0. The topological polar surface area (TPSA) is 108 Å². The smallest absolute Gasteiger partial charge is 0.320 e. The molecule has 1 spiro atoms. The first-order chi connectivity index (χ1) is 16.5. The zero-order valence-electron chi connectivity index (χ0n) is 19.5. The van der Waals surface area contributed by atoms with Gasteiger partial charge in [0.1, 0.15) is 5.82 Å². The Morgan fingerprint density at radius 1 is 1.24 bits per heavy atom. The standard InChI is InChI=1S/C25H31N5O4/c1-34-21-7-4-17(16-27-21)20(15-22(31)32)30-14-13-29(24(30)33)12-2-3-18-5-6-19-23(28-18)26-11-10-25(19)8-9-25/h4-7,16,20H,2-3,8-15H2,1H3,(H,26,28)(H,31,32). The van der Waals surface area contributed by atoms with E-state index < -0.39 is 12.0 Å². The summed E-state index contributed by atoms with van der Waals surface area (Å²) >= 11 is 0. The van der Waals surface area contributed by atoms with Gasteiger partial charge in [0.2, 0.25) is 5.88 Å². The van der Waals surface area contributed by atoms with E-state index in [1.54, 1.807) is 23.2 Å². The molecule has 2 fully saturated rings. The quantitative estimate of drug-likeness (QED) is 0.585. The van der Waals surface area contributed by atoms with Crippen LogP contribution in [0.4, 0.5) is 10.6 Å². The monoisotopic (exact) mass is 465 g/mol. The number of urea groups is 1. The highest BCUT2D eigenvalue weighted by molar-refractivity contribution is 5.78. The lowest BCUT2D eigenvalue weighted by Gasteiger charge is -2.27. The number of nitrogens with one attached hydrogen (secondary N) is 1. The number of aryl methyl sites for hydroxylation is 1. The average Bonchev–Trinajstić information content (AvgIpc) is 3.52. The summed E-state index contributed by atoms with van der Waals surface area (Å²) in [6.07, 6.45) is 6.77. The maximum absolute atomic E-state index is 13.1. The van der Waals surface area contributed by atoms with E-state index in [0.29, 0.717) is 36.5 Å². The van der Waals surface area contributed by atoms with E-state index in [2.05, 4.69) is 22.4 Å². The van der Waals surface area contributed by atoms with Crippen LogP contribution in [0, 0.1) is 0 Å². The number of amides is 2. The molecule has 2 amide bonds. The summed E-state index contributed by atoms with van der Waals surface area (Å²) < 4.78 is 5.09. The van der Waals surface area contributed by atoms with Gasteiger partial charge < -0.3 is 25.0 Å². The molecule has 4 heterocycles. The van der Waals surface area contributed by atoms with E-state index in [-0.39, 0.29) is 12.5 Å². The molecule has 0 aromatic carbocycles. The molecule has 34 heavy (non-hydrogen) atoms. The predicted octanol–water partition coefficient (Wildman–Crippen LogP) is 3.22. The van der Waals surface area contributed by atoms with Gasteiger partial charge in [0, 0.05) is 55.1 Å². The molecule has 0 bridgehead atoms. The number of nitrogens with zero attached hydrogens (tertiary/aromatic N) is 4. The van der Waals surface area contributed by atoms with Gasteiger partial charge in [-0.05, 0) is 43.7 Å². The molecule has 1 unspecified atom stereocenters. The summed E-state index contributed by atoms with van der Waals surface area (Å²) in [6.45, 7) is 2.68. The molecule has 0 radical (unpaired) electrons. The number of methoxy groups -OCH3 is 1. The number of carbonyl (C=O) groups excluding carboxylic acids is 1. The van der Waals surface area contributed by atoms with Gasteiger partial charge >= 0.3 is 12.0 Å². The predicted molar refractivity (Wildman–Crippen MR) is 126 cm³/mol. The summed E-state index contributed by atoms with van der Waals surface area (Å²) in [7, 11) is 1.53. The van der Waals surface area contributed by atoms with Gasteiger partial charge in [-0.15, -0.1) is 0 Å². The Balaban J connectivity index is 1.20. The molecule has 5 rings (SSSR count). The van der Waals surface area contributed by atoms with Crippen molar-refractivity contribution in [2.45, 2.75) is 50.0 Å². The largest absolute Gasteiger partial charge is 0.481 e. The van der Waals surface area contributed by atoms with Gasteiger partial charge in [0.25, 0.3) is 0 Å². The highest BCUT2D eigenvalue weighted by Gasteiger charge is 2.47. The zero-order valence-corrected chi connectivity index (χ0v) is 19.5. The van der Waals surface area contributed by atoms with Crippen LogP contribution in [0.5, 0.6) is 5.88 Å². The highest BCUT2D eigenvalue weighted by atomic mass is 16.5. The highest BCUT2D eigenvalue weighted by Crippen LogP contribution is 2.54. The van der Waals surface area contributed by atoms with Gasteiger partial charge in [0.05, 0.1) is 19.6 Å². The van der Waals surface area contributed by atoms with E-state index in [1.165, 1.54) is 31.9 Å². The van der Waals surface area contributed by atoms with Crippen LogP contribution in [0.15, 0.2) is 30.5 Å². The van der Waals surface area contributed by atoms with Crippen LogP contribution < -0.4 is 10.1 Å². The number of ether oxygens (including phenoxy) is 1. The Hall–Kier alpha value is -3.36. The summed E-state index contributed by atoms with van der Waals surface area (Å²) in [4.78, 5) is 37.1. The fourth-order valence-electron chi connectivity index (χ4n) is 5.26. The van der Waals surface area contributed by atoms with E-state index in [9.17, 15) is 14.7 Å². The molecule has 2 N–H and O–H groups in total. The van der Waals surface area contributed by atoms with Gasteiger partial charge in [-0.25, -0.2) is 14.8 Å². The summed E-state index contributed by atoms with van der Waals surface area (Å²) in [5.41, 5.74) is 3.48. The van der Waals surface area contributed by atoms with E-state index >= 15 is 0 Å². The molecule has 3 aliphatic rings. The van der Waals surface area contributed by atoms with Crippen molar-refractivity contribution in [3.63, 3.8) is 0 Å². The minimum absolute atomic E-state index is 0.127. The van der Waals surface area contributed by atoms with Crippen molar-refractivity contribution in [1.82, 2.24) is 19.8 Å². The molecule has 2 aromatic heterocycles. The number of anilines is 1. The zero-order chi connectivity index (χ0) is 23.7. The number of carboxylic acids is 1. The minimum atomic E-state index is -0.952. The maximum atomic E-state index is 13.1. The van der Waals surface area contributed by atoms with Crippen molar-refractivity contribution < 1.29 is 19.4 Å². The molecule has 9 nitrogen and oxygen atoms in total. The average molecular weight is 466 g/mol. The number of aromatic nitrogens is 2. The molecule has 2 aromatic rings. The Bertz CT molecular complexity index is 1070. The Morgan fingerprint density at radius 3 is 2.79 bits per heavy atom. The molecule has 1 saturated carbocycles. The molecule has 9 heteroatoms. The number of hydrogen-bond acceptors (Lipinski definition) is 6. The molecule has 1 aliphatic carbocycles. The number of aliphatic carboxylic acids is 1. The second kappa shape index (κ2) is 9.12. The number of pyridine rings is 2. The Morgan fingerprint density at radius 2 is 2.09 bits per heavy atom. The van der Waals surface area contributed by atoms with Crippen molar-refractivity contribution in [2.24, 2.45) is 0 Å². The molecule has 1 atom stereocenters. The lowest BCUT2D eigenvalue weighted by Crippen LogP contribution is -2.36. The maximum Gasteiger partial charge on any atom is 0.320 e. The number of rotatable bonds is 9. The van der Waals surface area contributed by atoms with E-state index in [0.717, 1.165) is 30.9 Å². The Kier molecular flexibility index (Phi) is 6.02. The van der Waals surface area contributed by atoms with Gasteiger partial charge in [0.15, 0.2) is 0 Å². The normalized spacial score (nSPS) is 19.0. The van der Waals surface area contributed by atoms with Crippen molar-refractivity contribution in [3.05, 3.63) is 47.3 Å². The van der Waals surface area contributed by atoms with Crippen LogP contribution in [-0.2, 0) is 16.6 Å². The molecule has 1 saturated heterocycles. The van der Waals surface area contributed by atoms with Crippen LogP contribution in [-0.4, -0.2) is 70.2 Å². The third kappa shape index (κ3) is 4.38. The minimum Gasteiger partial charge on any atom is -0.481 e. The van der Waals surface area contributed by atoms with E-state index in [4.69, 9.17) is 9.72 Å².